The van der Waals surface area contributed by atoms with Crippen LogP contribution in [-0.4, -0.2) is 38.8 Å². The third-order valence-electron chi connectivity index (χ3n) is 4.94. The molecule has 1 aliphatic rings. The van der Waals surface area contributed by atoms with E-state index < -0.39 is 17.7 Å². The predicted molar refractivity (Wildman–Crippen MR) is 109 cm³/mol. The van der Waals surface area contributed by atoms with Crippen molar-refractivity contribution in [2.75, 3.05) is 7.11 Å². The van der Waals surface area contributed by atoms with Crippen molar-refractivity contribution in [3.63, 3.8) is 0 Å². The number of benzene rings is 1. The third kappa shape index (κ3) is 3.53. The Labute approximate surface area is 173 Å². The van der Waals surface area contributed by atoms with Crippen LogP contribution in [0.4, 0.5) is 0 Å². The van der Waals surface area contributed by atoms with Crippen LogP contribution in [0.15, 0.2) is 78.8 Å². The maximum absolute atomic E-state index is 13.0. The number of aliphatic hydroxyl groups is 1. The van der Waals surface area contributed by atoms with E-state index in [0.29, 0.717) is 22.6 Å². The average molecular weight is 401 g/mol. The molecule has 4 rings (SSSR count). The summed E-state index contributed by atoms with van der Waals surface area (Å²) in [5.74, 6) is -1.18. The molecular weight excluding hydrogens is 382 g/mol. The van der Waals surface area contributed by atoms with Crippen LogP contribution in [0.3, 0.4) is 0 Å². The molecule has 1 amide bonds. The summed E-state index contributed by atoms with van der Waals surface area (Å²) >= 11 is 0. The summed E-state index contributed by atoms with van der Waals surface area (Å²) in [6.07, 6.45) is 4.82. The fourth-order valence-corrected chi connectivity index (χ4v) is 3.52. The molecule has 3 aromatic rings. The zero-order valence-corrected chi connectivity index (χ0v) is 16.2. The molecule has 3 heterocycles. The highest BCUT2D eigenvalue weighted by atomic mass is 16.5. The van der Waals surface area contributed by atoms with Gasteiger partial charge in [0, 0.05) is 24.2 Å². The Bertz CT molecular complexity index is 1110. The Morgan fingerprint density at radius 2 is 1.97 bits per heavy atom. The topological polar surface area (TPSA) is 92.6 Å². The van der Waals surface area contributed by atoms with Crippen molar-refractivity contribution in [1.82, 2.24) is 14.9 Å². The number of nitrogens with zero attached hydrogens (tertiary/aromatic N) is 3. The lowest BCUT2D eigenvalue weighted by Crippen LogP contribution is -2.29. The van der Waals surface area contributed by atoms with Gasteiger partial charge in [-0.2, -0.15) is 0 Å². The molecule has 7 heteroatoms. The van der Waals surface area contributed by atoms with Crippen LogP contribution in [0.2, 0.25) is 0 Å². The molecule has 2 aromatic heterocycles. The fraction of sp³-hybridized carbons (Fsp3) is 0.130. The number of hydrogen-bond acceptors (Lipinski definition) is 6. The maximum Gasteiger partial charge on any atom is 0.296 e. The van der Waals surface area contributed by atoms with Gasteiger partial charge in [-0.15, -0.1) is 0 Å². The lowest BCUT2D eigenvalue weighted by atomic mass is 9.96. The molecule has 1 N–H and O–H groups in total. The van der Waals surface area contributed by atoms with E-state index in [9.17, 15) is 14.7 Å². The maximum atomic E-state index is 13.0. The first-order valence-electron chi connectivity index (χ1n) is 9.33. The van der Waals surface area contributed by atoms with Gasteiger partial charge < -0.3 is 14.7 Å². The summed E-state index contributed by atoms with van der Waals surface area (Å²) < 4.78 is 5.21. The standard InChI is InChI=1S/C23H19N3O4/c1-30-18-9-4-6-15(12-18)21(27)19-20(16-7-5-10-24-13-16)26(23(29)22(19)28)14-17-8-2-3-11-25-17/h2-13,20,27H,14H2,1H3/b21-19-. The lowest BCUT2D eigenvalue weighted by Gasteiger charge is -2.24. The van der Waals surface area contributed by atoms with Crippen molar-refractivity contribution in [3.05, 3.63) is 95.6 Å². The highest BCUT2D eigenvalue weighted by Crippen LogP contribution is 2.40. The SMILES string of the molecule is COc1cccc(/C(O)=C2/C(=O)C(=O)N(Cc3ccccn3)C2c2cccnc2)c1. The van der Waals surface area contributed by atoms with E-state index in [4.69, 9.17) is 4.74 Å². The van der Waals surface area contributed by atoms with Crippen molar-refractivity contribution in [2.45, 2.75) is 12.6 Å². The minimum Gasteiger partial charge on any atom is -0.507 e. The van der Waals surface area contributed by atoms with E-state index in [1.807, 2.05) is 6.07 Å². The highest BCUT2D eigenvalue weighted by Gasteiger charge is 2.46. The van der Waals surface area contributed by atoms with Crippen LogP contribution >= 0.6 is 0 Å². The number of likely N-dealkylation sites (tertiary alicyclic amines) is 1. The van der Waals surface area contributed by atoms with Crippen molar-refractivity contribution in [2.24, 2.45) is 0 Å². The summed E-state index contributed by atoms with van der Waals surface area (Å²) in [6.45, 7) is 0.125. The van der Waals surface area contributed by atoms with Gasteiger partial charge in [0.25, 0.3) is 11.7 Å². The van der Waals surface area contributed by atoms with Gasteiger partial charge in [-0.25, -0.2) is 0 Å². The summed E-state index contributed by atoms with van der Waals surface area (Å²) in [7, 11) is 1.51. The van der Waals surface area contributed by atoms with Gasteiger partial charge in [0.2, 0.25) is 0 Å². The summed E-state index contributed by atoms with van der Waals surface area (Å²) in [5.41, 5.74) is 1.66. The predicted octanol–water partition coefficient (Wildman–Crippen LogP) is 3.11. The van der Waals surface area contributed by atoms with Crippen LogP contribution in [0.1, 0.15) is 22.9 Å². The third-order valence-corrected chi connectivity index (χ3v) is 4.94. The van der Waals surface area contributed by atoms with E-state index in [1.165, 1.54) is 12.0 Å². The number of amides is 1. The number of ketones is 1. The molecule has 1 fully saturated rings. The smallest absolute Gasteiger partial charge is 0.296 e. The Morgan fingerprint density at radius 1 is 1.10 bits per heavy atom. The zero-order valence-electron chi connectivity index (χ0n) is 16.2. The number of Topliss-reactive ketones (excluding diaryl/α,β-unsaturated/α-hetero) is 1. The number of hydrogen-bond donors (Lipinski definition) is 1. The first-order chi connectivity index (χ1) is 14.6. The van der Waals surface area contributed by atoms with E-state index in [0.717, 1.165) is 0 Å². The van der Waals surface area contributed by atoms with Gasteiger partial charge in [-0.3, -0.25) is 19.6 Å². The molecule has 1 atom stereocenters. The molecule has 0 spiro atoms. The van der Waals surface area contributed by atoms with E-state index in [-0.39, 0.29) is 17.9 Å². The monoisotopic (exact) mass is 401 g/mol. The molecule has 0 aliphatic carbocycles. The van der Waals surface area contributed by atoms with Crippen LogP contribution < -0.4 is 4.74 Å². The van der Waals surface area contributed by atoms with Gasteiger partial charge >= 0.3 is 0 Å². The number of methoxy groups -OCH3 is 1. The highest BCUT2D eigenvalue weighted by molar-refractivity contribution is 6.46. The molecule has 1 saturated heterocycles. The number of rotatable bonds is 5. The van der Waals surface area contributed by atoms with Gasteiger partial charge in [-0.05, 0) is 35.9 Å². The van der Waals surface area contributed by atoms with E-state index >= 15 is 0 Å². The molecule has 0 radical (unpaired) electrons. The van der Waals surface area contributed by atoms with E-state index in [2.05, 4.69) is 9.97 Å². The van der Waals surface area contributed by atoms with Crippen LogP contribution in [0.5, 0.6) is 5.75 Å². The second-order valence-corrected chi connectivity index (χ2v) is 6.77. The molecule has 7 nitrogen and oxygen atoms in total. The fourth-order valence-electron chi connectivity index (χ4n) is 3.52. The minimum atomic E-state index is -0.785. The Balaban J connectivity index is 1.85. The first-order valence-corrected chi connectivity index (χ1v) is 9.33. The van der Waals surface area contributed by atoms with Crippen molar-refractivity contribution in [1.29, 1.82) is 0 Å². The molecule has 0 bridgehead atoms. The number of carbonyl (C=O) groups is 2. The summed E-state index contributed by atoms with van der Waals surface area (Å²) in [5, 5.41) is 11.0. The lowest BCUT2D eigenvalue weighted by molar-refractivity contribution is -0.140. The Morgan fingerprint density at radius 3 is 2.67 bits per heavy atom. The number of aromatic nitrogens is 2. The molecule has 1 unspecified atom stereocenters. The first kappa shape index (κ1) is 19.3. The normalized spacial score (nSPS) is 17.9. The van der Waals surface area contributed by atoms with E-state index in [1.54, 1.807) is 67.1 Å². The molecule has 1 aliphatic heterocycles. The molecule has 0 saturated carbocycles. The van der Waals surface area contributed by atoms with Crippen molar-refractivity contribution in [3.8, 4) is 5.75 Å². The van der Waals surface area contributed by atoms with Gasteiger partial charge in [-0.1, -0.05) is 24.3 Å². The largest absolute Gasteiger partial charge is 0.507 e. The second kappa shape index (κ2) is 8.16. The molecule has 30 heavy (non-hydrogen) atoms. The Hall–Kier alpha value is -4.00. The van der Waals surface area contributed by atoms with Gasteiger partial charge in [0.15, 0.2) is 0 Å². The van der Waals surface area contributed by atoms with Crippen molar-refractivity contribution < 1.29 is 19.4 Å². The summed E-state index contributed by atoms with van der Waals surface area (Å²) in [4.78, 5) is 35.7. The Kier molecular flexibility index (Phi) is 5.26. The van der Waals surface area contributed by atoms with Crippen LogP contribution in [0.25, 0.3) is 5.76 Å². The second-order valence-electron chi connectivity index (χ2n) is 6.77. The number of ether oxygens (including phenoxy) is 1. The molecule has 1 aromatic carbocycles. The molecular formula is C23H19N3O4. The van der Waals surface area contributed by atoms with Crippen LogP contribution in [0, 0.1) is 0 Å². The minimum absolute atomic E-state index is 0.0113. The van der Waals surface area contributed by atoms with Gasteiger partial charge in [0.05, 0.1) is 31.0 Å². The van der Waals surface area contributed by atoms with Crippen molar-refractivity contribution >= 4 is 17.4 Å². The van der Waals surface area contributed by atoms with Gasteiger partial charge in [0.1, 0.15) is 11.5 Å². The average Bonchev–Trinajstić information content (AvgIpc) is 3.05. The number of aliphatic hydroxyl groups excluding tert-OH is 1. The molecule has 150 valence electrons. The number of carbonyl (C=O) groups excluding carboxylic acids is 2. The number of pyridine rings is 2. The summed E-state index contributed by atoms with van der Waals surface area (Å²) in [6, 6.07) is 14.8. The zero-order chi connectivity index (χ0) is 21.1. The van der Waals surface area contributed by atoms with Crippen LogP contribution in [-0.2, 0) is 16.1 Å². The quantitative estimate of drug-likeness (QED) is 0.401.